The Balaban J connectivity index is 2.27. The molecule has 2 aromatic heterocycles. The van der Waals surface area contributed by atoms with Crippen LogP contribution in [0.2, 0.25) is 5.15 Å². The molecule has 108 valence electrons. The maximum absolute atomic E-state index is 13.0. The summed E-state index contributed by atoms with van der Waals surface area (Å²) < 4.78 is 14.6. The van der Waals surface area contributed by atoms with Crippen molar-refractivity contribution in [2.45, 2.75) is 26.3 Å². The Morgan fingerprint density at radius 3 is 2.70 bits per heavy atom. The molecular formula is C14H18ClFN4. The predicted octanol–water partition coefficient (Wildman–Crippen LogP) is 2.81. The van der Waals surface area contributed by atoms with Crippen LogP contribution in [-0.2, 0) is 13.5 Å². The van der Waals surface area contributed by atoms with Gasteiger partial charge in [0, 0.05) is 12.6 Å². The predicted molar refractivity (Wildman–Crippen MR) is 77.3 cm³/mol. The van der Waals surface area contributed by atoms with Crippen molar-refractivity contribution in [2.75, 3.05) is 6.54 Å². The minimum atomic E-state index is -0.334. The third kappa shape index (κ3) is 3.16. The van der Waals surface area contributed by atoms with Crippen LogP contribution in [0.3, 0.4) is 0 Å². The minimum absolute atomic E-state index is 0.0130. The lowest BCUT2D eigenvalue weighted by atomic mass is 10.0. The molecule has 2 aromatic rings. The SMILES string of the molecule is CCNC(Cc1c(C)nn(C)c1Cl)c1ccc(F)cn1. The minimum Gasteiger partial charge on any atom is -0.309 e. The summed E-state index contributed by atoms with van der Waals surface area (Å²) in [6.45, 7) is 4.75. The molecule has 20 heavy (non-hydrogen) atoms. The number of likely N-dealkylation sites (N-methyl/N-ethyl adjacent to an activating group) is 1. The molecule has 2 rings (SSSR count). The Morgan fingerprint density at radius 1 is 1.45 bits per heavy atom. The Labute approximate surface area is 123 Å². The van der Waals surface area contributed by atoms with Crippen molar-refractivity contribution in [1.82, 2.24) is 20.1 Å². The molecule has 4 nitrogen and oxygen atoms in total. The standard InChI is InChI=1S/C14H18ClFN4/c1-4-17-13(12-6-5-10(16)8-18-12)7-11-9(2)19-20(3)14(11)15/h5-6,8,13,17H,4,7H2,1-3H3. The first-order valence-electron chi connectivity index (χ1n) is 6.55. The van der Waals surface area contributed by atoms with Crippen molar-refractivity contribution >= 4 is 11.6 Å². The van der Waals surface area contributed by atoms with Crippen LogP contribution < -0.4 is 5.32 Å². The largest absolute Gasteiger partial charge is 0.309 e. The van der Waals surface area contributed by atoms with Gasteiger partial charge in [0.15, 0.2) is 0 Å². The van der Waals surface area contributed by atoms with E-state index in [-0.39, 0.29) is 11.9 Å². The second-order valence-corrected chi connectivity index (χ2v) is 5.05. The number of hydrogen-bond donors (Lipinski definition) is 1. The van der Waals surface area contributed by atoms with Crippen LogP contribution in [0, 0.1) is 12.7 Å². The smallest absolute Gasteiger partial charge is 0.141 e. The summed E-state index contributed by atoms with van der Waals surface area (Å²) in [5, 5.41) is 8.29. The van der Waals surface area contributed by atoms with Gasteiger partial charge < -0.3 is 5.32 Å². The molecule has 1 atom stereocenters. The van der Waals surface area contributed by atoms with E-state index in [2.05, 4.69) is 15.4 Å². The van der Waals surface area contributed by atoms with Crippen molar-refractivity contribution in [3.63, 3.8) is 0 Å². The van der Waals surface area contributed by atoms with Crippen molar-refractivity contribution in [3.8, 4) is 0 Å². The van der Waals surface area contributed by atoms with Crippen LogP contribution >= 0.6 is 11.6 Å². The molecule has 0 aliphatic heterocycles. The molecular weight excluding hydrogens is 279 g/mol. The monoisotopic (exact) mass is 296 g/mol. The highest BCUT2D eigenvalue weighted by molar-refractivity contribution is 6.30. The third-order valence-corrected chi connectivity index (χ3v) is 3.71. The van der Waals surface area contributed by atoms with E-state index in [0.29, 0.717) is 11.6 Å². The van der Waals surface area contributed by atoms with Crippen LogP contribution in [0.5, 0.6) is 0 Å². The van der Waals surface area contributed by atoms with Gasteiger partial charge in [-0.3, -0.25) is 9.67 Å². The number of nitrogens with zero attached hydrogens (tertiary/aromatic N) is 3. The lowest BCUT2D eigenvalue weighted by Crippen LogP contribution is -2.24. The van der Waals surface area contributed by atoms with Crippen LogP contribution in [-0.4, -0.2) is 21.3 Å². The molecule has 6 heteroatoms. The second kappa shape index (κ2) is 6.33. The fraction of sp³-hybridized carbons (Fsp3) is 0.429. The Morgan fingerprint density at radius 2 is 2.20 bits per heavy atom. The first kappa shape index (κ1) is 14.9. The van der Waals surface area contributed by atoms with Gasteiger partial charge in [-0.05, 0) is 32.0 Å². The molecule has 0 saturated carbocycles. The van der Waals surface area contributed by atoms with E-state index in [9.17, 15) is 4.39 Å². The zero-order chi connectivity index (χ0) is 14.7. The zero-order valence-corrected chi connectivity index (χ0v) is 12.6. The van der Waals surface area contributed by atoms with Crippen LogP contribution in [0.4, 0.5) is 4.39 Å². The summed E-state index contributed by atoms with van der Waals surface area (Å²) in [7, 11) is 1.82. The van der Waals surface area contributed by atoms with E-state index < -0.39 is 0 Å². The van der Waals surface area contributed by atoms with E-state index in [1.165, 1.54) is 12.3 Å². The van der Waals surface area contributed by atoms with Crippen molar-refractivity contribution < 1.29 is 4.39 Å². The number of nitrogens with one attached hydrogen (secondary N) is 1. The molecule has 0 aliphatic rings. The van der Waals surface area contributed by atoms with E-state index in [1.807, 2.05) is 20.9 Å². The fourth-order valence-electron chi connectivity index (χ4n) is 2.23. The molecule has 0 radical (unpaired) electrons. The highest BCUT2D eigenvalue weighted by Crippen LogP contribution is 2.25. The van der Waals surface area contributed by atoms with Crippen LogP contribution in [0.1, 0.15) is 29.9 Å². The van der Waals surface area contributed by atoms with Gasteiger partial charge in [-0.1, -0.05) is 18.5 Å². The van der Waals surface area contributed by atoms with E-state index in [1.54, 1.807) is 10.7 Å². The average molecular weight is 297 g/mol. The highest BCUT2D eigenvalue weighted by atomic mass is 35.5. The molecule has 0 spiro atoms. The molecule has 0 bridgehead atoms. The van der Waals surface area contributed by atoms with Crippen molar-refractivity contribution in [2.24, 2.45) is 7.05 Å². The van der Waals surface area contributed by atoms with Gasteiger partial charge >= 0.3 is 0 Å². The first-order valence-corrected chi connectivity index (χ1v) is 6.93. The molecule has 0 aliphatic carbocycles. The second-order valence-electron chi connectivity index (χ2n) is 4.69. The quantitative estimate of drug-likeness (QED) is 0.922. The van der Waals surface area contributed by atoms with Gasteiger partial charge in [0.2, 0.25) is 0 Å². The van der Waals surface area contributed by atoms with Gasteiger partial charge in [-0.25, -0.2) is 4.39 Å². The van der Waals surface area contributed by atoms with Gasteiger partial charge in [0.25, 0.3) is 0 Å². The molecule has 1 unspecified atom stereocenters. The van der Waals surface area contributed by atoms with E-state index in [0.717, 1.165) is 23.5 Å². The average Bonchev–Trinajstić information content (AvgIpc) is 2.65. The Kier molecular flexibility index (Phi) is 4.73. The summed E-state index contributed by atoms with van der Waals surface area (Å²) in [5.41, 5.74) is 2.70. The van der Waals surface area contributed by atoms with Gasteiger partial charge in [-0.15, -0.1) is 0 Å². The van der Waals surface area contributed by atoms with Crippen LogP contribution in [0.25, 0.3) is 0 Å². The van der Waals surface area contributed by atoms with Gasteiger partial charge in [0.05, 0.1) is 23.6 Å². The summed E-state index contributed by atoms with van der Waals surface area (Å²) in [5.74, 6) is -0.334. The summed E-state index contributed by atoms with van der Waals surface area (Å²) in [4.78, 5) is 4.15. The zero-order valence-electron chi connectivity index (χ0n) is 11.8. The number of aromatic nitrogens is 3. The molecule has 2 heterocycles. The number of aryl methyl sites for hydroxylation is 2. The first-order chi connectivity index (χ1) is 9.52. The van der Waals surface area contributed by atoms with Gasteiger partial charge in [-0.2, -0.15) is 5.10 Å². The van der Waals surface area contributed by atoms with E-state index in [4.69, 9.17) is 11.6 Å². The maximum atomic E-state index is 13.0. The number of hydrogen-bond acceptors (Lipinski definition) is 3. The summed E-state index contributed by atoms with van der Waals surface area (Å²) in [6, 6.07) is 3.10. The van der Waals surface area contributed by atoms with Crippen molar-refractivity contribution in [3.05, 3.63) is 46.3 Å². The maximum Gasteiger partial charge on any atom is 0.141 e. The topological polar surface area (TPSA) is 42.7 Å². The highest BCUT2D eigenvalue weighted by Gasteiger charge is 2.19. The molecule has 0 aromatic carbocycles. The fourth-order valence-corrected chi connectivity index (χ4v) is 2.48. The van der Waals surface area contributed by atoms with Crippen molar-refractivity contribution in [1.29, 1.82) is 0 Å². The number of halogens is 2. The van der Waals surface area contributed by atoms with Crippen LogP contribution in [0.15, 0.2) is 18.3 Å². The lowest BCUT2D eigenvalue weighted by molar-refractivity contribution is 0.531. The molecule has 1 N–H and O–H groups in total. The number of pyridine rings is 1. The Bertz CT molecular complexity index is 580. The lowest BCUT2D eigenvalue weighted by Gasteiger charge is -2.17. The molecule has 0 fully saturated rings. The molecule has 0 saturated heterocycles. The van der Waals surface area contributed by atoms with E-state index >= 15 is 0 Å². The normalized spacial score (nSPS) is 12.7. The third-order valence-electron chi connectivity index (χ3n) is 3.24. The summed E-state index contributed by atoms with van der Waals surface area (Å²) in [6.07, 6.45) is 1.91. The summed E-state index contributed by atoms with van der Waals surface area (Å²) >= 11 is 6.26. The Hall–Kier alpha value is -1.46. The molecule has 0 amide bonds. The van der Waals surface area contributed by atoms with Gasteiger partial charge in [0.1, 0.15) is 11.0 Å². The number of rotatable bonds is 5.